The summed E-state index contributed by atoms with van der Waals surface area (Å²) in [7, 11) is 0. The molecule has 0 radical (unpaired) electrons. The van der Waals surface area contributed by atoms with Crippen LogP contribution in [0.25, 0.3) is 0 Å². The van der Waals surface area contributed by atoms with Crippen LogP contribution in [0.3, 0.4) is 0 Å². The molecule has 0 aromatic heterocycles. The number of carboxylic acid groups (broad SMARTS) is 1. The highest BCUT2D eigenvalue weighted by molar-refractivity contribution is 5.99. The number of Topliss-reactive ketones (excluding diaryl/α,β-unsaturated/α-hetero) is 1. The maximum absolute atomic E-state index is 12.6. The predicted molar refractivity (Wildman–Crippen MR) is 89.5 cm³/mol. The first-order chi connectivity index (χ1) is 11.5. The van der Waals surface area contributed by atoms with Gasteiger partial charge in [-0.3, -0.25) is 9.59 Å². The van der Waals surface area contributed by atoms with Crippen molar-refractivity contribution in [1.82, 2.24) is 0 Å². The third-order valence-corrected chi connectivity index (χ3v) is 3.75. The van der Waals surface area contributed by atoms with Crippen LogP contribution in [0.2, 0.25) is 0 Å². The van der Waals surface area contributed by atoms with Crippen LogP contribution in [-0.4, -0.2) is 28.6 Å². The number of carbonyl (C=O) groups is 2. The predicted octanol–water partition coefficient (Wildman–Crippen LogP) is 3.44. The van der Waals surface area contributed by atoms with Gasteiger partial charge >= 0.3 is 5.97 Å². The van der Waals surface area contributed by atoms with Crippen LogP contribution < -0.4 is 4.74 Å². The molecule has 2 rings (SSSR count). The Morgan fingerprint density at radius 3 is 2.46 bits per heavy atom. The number of benzene rings is 2. The van der Waals surface area contributed by atoms with Gasteiger partial charge in [-0.1, -0.05) is 18.2 Å². The zero-order valence-electron chi connectivity index (χ0n) is 13.4. The number of phenolic OH excluding ortho intramolecular Hbond substituents is 1. The lowest BCUT2D eigenvalue weighted by atomic mass is 9.91. The topological polar surface area (TPSA) is 83.8 Å². The number of hydrogen-bond acceptors (Lipinski definition) is 4. The van der Waals surface area contributed by atoms with Gasteiger partial charge in [0.05, 0.1) is 13.0 Å². The van der Waals surface area contributed by atoms with Crippen LogP contribution in [-0.2, 0) is 4.79 Å². The van der Waals surface area contributed by atoms with E-state index in [2.05, 4.69) is 0 Å². The van der Waals surface area contributed by atoms with Crippen LogP contribution in [0, 0.1) is 12.8 Å². The number of aliphatic carboxylic acids is 1. The molecule has 1 unspecified atom stereocenters. The van der Waals surface area contributed by atoms with Gasteiger partial charge in [-0.2, -0.15) is 0 Å². The minimum atomic E-state index is -1.02. The number of ether oxygens (including phenoxy) is 1. The molecule has 0 aliphatic heterocycles. The molecule has 0 fully saturated rings. The molecule has 2 aromatic carbocycles. The van der Waals surface area contributed by atoms with Crippen molar-refractivity contribution in [3.8, 4) is 11.5 Å². The fourth-order valence-corrected chi connectivity index (χ4v) is 2.42. The van der Waals surface area contributed by atoms with Crippen LogP contribution in [0.1, 0.15) is 28.8 Å². The molecule has 5 nitrogen and oxygen atoms in total. The van der Waals surface area contributed by atoms with Crippen molar-refractivity contribution in [2.24, 2.45) is 5.92 Å². The Balaban J connectivity index is 2.04. The van der Waals surface area contributed by atoms with E-state index in [1.54, 1.807) is 25.1 Å². The Morgan fingerprint density at radius 1 is 1.12 bits per heavy atom. The lowest BCUT2D eigenvalue weighted by molar-refractivity contribution is -0.137. The average Bonchev–Trinajstić information content (AvgIpc) is 2.56. The number of hydrogen-bond donors (Lipinski definition) is 2. The molecule has 1 atom stereocenters. The molecule has 0 heterocycles. The molecular formula is C19H20O5. The van der Waals surface area contributed by atoms with Gasteiger partial charge in [0.2, 0.25) is 0 Å². The molecule has 0 saturated carbocycles. The van der Waals surface area contributed by atoms with Crippen molar-refractivity contribution in [2.75, 3.05) is 6.61 Å². The van der Waals surface area contributed by atoms with Crippen LogP contribution in [0.15, 0.2) is 48.5 Å². The Labute approximate surface area is 140 Å². The van der Waals surface area contributed by atoms with Gasteiger partial charge < -0.3 is 14.9 Å². The van der Waals surface area contributed by atoms with E-state index in [0.717, 1.165) is 0 Å². The Kier molecular flexibility index (Phi) is 5.95. The van der Waals surface area contributed by atoms with E-state index < -0.39 is 11.9 Å². The highest BCUT2D eigenvalue weighted by atomic mass is 16.5. The Hall–Kier alpha value is -2.82. The van der Waals surface area contributed by atoms with Gasteiger partial charge in [0.15, 0.2) is 5.78 Å². The van der Waals surface area contributed by atoms with Gasteiger partial charge in [-0.15, -0.1) is 0 Å². The van der Waals surface area contributed by atoms with Crippen molar-refractivity contribution in [3.05, 3.63) is 59.7 Å². The first kappa shape index (κ1) is 17.5. The number of aromatic hydroxyl groups is 1. The minimum absolute atomic E-state index is 0.105. The highest BCUT2D eigenvalue weighted by Gasteiger charge is 2.23. The van der Waals surface area contributed by atoms with Gasteiger partial charge in [0.1, 0.15) is 11.5 Å². The number of rotatable bonds is 8. The quantitative estimate of drug-likeness (QED) is 0.725. The van der Waals surface area contributed by atoms with E-state index in [1.165, 1.54) is 12.1 Å². The molecule has 126 valence electrons. The zero-order valence-corrected chi connectivity index (χ0v) is 13.4. The van der Waals surface area contributed by atoms with Gasteiger partial charge in [-0.25, -0.2) is 0 Å². The van der Waals surface area contributed by atoms with Gasteiger partial charge in [0, 0.05) is 11.5 Å². The van der Waals surface area contributed by atoms with E-state index >= 15 is 0 Å². The van der Waals surface area contributed by atoms with E-state index in [4.69, 9.17) is 9.84 Å². The lowest BCUT2D eigenvalue weighted by Gasteiger charge is -2.15. The first-order valence-electron chi connectivity index (χ1n) is 7.71. The molecule has 0 saturated heterocycles. The molecule has 0 bridgehead atoms. The van der Waals surface area contributed by atoms with Crippen LogP contribution >= 0.6 is 0 Å². The molecular weight excluding hydrogens is 308 g/mol. The average molecular weight is 328 g/mol. The number of aryl methyl sites for hydroxylation is 1. The summed E-state index contributed by atoms with van der Waals surface area (Å²) in [4.78, 5) is 23.7. The summed E-state index contributed by atoms with van der Waals surface area (Å²) >= 11 is 0. The molecule has 5 heteroatoms. The monoisotopic (exact) mass is 328 g/mol. The number of ketones is 1. The lowest BCUT2D eigenvalue weighted by Crippen LogP contribution is -2.21. The second kappa shape index (κ2) is 8.15. The van der Waals surface area contributed by atoms with E-state index in [9.17, 15) is 14.7 Å². The summed E-state index contributed by atoms with van der Waals surface area (Å²) in [5.74, 6) is -1.16. The van der Waals surface area contributed by atoms with E-state index in [-0.39, 0.29) is 24.6 Å². The van der Waals surface area contributed by atoms with Crippen molar-refractivity contribution < 1.29 is 24.5 Å². The molecule has 0 aliphatic carbocycles. The molecule has 0 amide bonds. The van der Waals surface area contributed by atoms with Gasteiger partial charge in [0.25, 0.3) is 0 Å². The van der Waals surface area contributed by atoms with Crippen molar-refractivity contribution >= 4 is 11.8 Å². The molecule has 0 aliphatic rings. The van der Waals surface area contributed by atoms with Crippen molar-refractivity contribution in [1.29, 1.82) is 0 Å². The summed E-state index contributed by atoms with van der Waals surface area (Å²) in [5, 5.41) is 18.6. The molecule has 2 N–H and O–H groups in total. The summed E-state index contributed by atoms with van der Waals surface area (Å²) in [6.07, 6.45) is 0.0524. The SMILES string of the molecule is Cc1cc(C(=O)C(CCOc2ccccc2)CC(=O)O)ccc1O. The second-order valence-electron chi connectivity index (χ2n) is 5.61. The van der Waals surface area contributed by atoms with Crippen molar-refractivity contribution in [3.63, 3.8) is 0 Å². The third kappa shape index (κ3) is 4.84. The molecule has 2 aromatic rings. The minimum Gasteiger partial charge on any atom is -0.508 e. The summed E-state index contributed by atoms with van der Waals surface area (Å²) in [6, 6.07) is 13.7. The normalized spacial score (nSPS) is 11.7. The highest BCUT2D eigenvalue weighted by Crippen LogP contribution is 2.22. The number of carboxylic acids is 1. The van der Waals surface area contributed by atoms with Crippen LogP contribution in [0.5, 0.6) is 11.5 Å². The second-order valence-corrected chi connectivity index (χ2v) is 5.61. The number of carbonyl (C=O) groups excluding carboxylic acids is 1. The maximum atomic E-state index is 12.6. The summed E-state index contributed by atoms with van der Waals surface area (Å²) < 4.78 is 5.56. The molecule has 0 spiro atoms. The maximum Gasteiger partial charge on any atom is 0.304 e. The summed E-state index contributed by atoms with van der Waals surface area (Å²) in [6.45, 7) is 1.95. The van der Waals surface area contributed by atoms with E-state index in [1.807, 2.05) is 18.2 Å². The van der Waals surface area contributed by atoms with E-state index in [0.29, 0.717) is 23.3 Å². The fourth-order valence-electron chi connectivity index (χ4n) is 2.42. The Bertz CT molecular complexity index is 709. The zero-order chi connectivity index (χ0) is 17.5. The number of para-hydroxylation sites is 1. The fraction of sp³-hybridized carbons (Fsp3) is 0.263. The van der Waals surface area contributed by atoms with Crippen LogP contribution in [0.4, 0.5) is 0 Å². The molecule has 24 heavy (non-hydrogen) atoms. The van der Waals surface area contributed by atoms with Gasteiger partial charge in [-0.05, 0) is 49.2 Å². The Morgan fingerprint density at radius 2 is 1.83 bits per heavy atom. The summed E-state index contributed by atoms with van der Waals surface area (Å²) in [5.41, 5.74) is 0.978. The standard InChI is InChI=1S/C19H20O5/c1-13-11-14(7-8-17(13)20)19(23)15(12-18(21)22)9-10-24-16-5-3-2-4-6-16/h2-8,11,15,20H,9-10,12H2,1H3,(H,21,22). The third-order valence-electron chi connectivity index (χ3n) is 3.75. The smallest absolute Gasteiger partial charge is 0.304 e. The largest absolute Gasteiger partial charge is 0.508 e. The van der Waals surface area contributed by atoms with Crippen molar-refractivity contribution in [2.45, 2.75) is 19.8 Å². The first-order valence-corrected chi connectivity index (χ1v) is 7.71. The number of phenols is 1.